The Morgan fingerprint density at radius 3 is 2.68 bits per heavy atom. The molecule has 0 aliphatic rings. The number of nitrogens with zero attached hydrogens (tertiary/aromatic N) is 4. The van der Waals surface area contributed by atoms with Crippen molar-refractivity contribution in [2.24, 2.45) is 0 Å². The Balaban J connectivity index is 1.84. The van der Waals surface area contributed by atoms with E-state index in [9.17, 15) is 17.6 Å². The van der Waals surface area contributed by atoms with Gasteiger partial charge < -0.3 is 5.32 Å². The molecular formula is C15H13F4N5S. The Hall–Kier alpha value is -2.36. The van der Waals surface area contributed by atoms with E-state index >= 15 is 0 Å². The molecule has 2 aromatic heterocycles. The third kappa shape index (κ3) is 4.01. The smallest absolute Gasteiger partial charge is 0.363 e. The van der Waals surface area contributed by atoms with Crippen molar-refractivity contribution in [3.05, 3.63) is 47.7 Å². The number of anilines is 1. The summed E-state index contributed by atoms with van der Waals surface area (Å²) in [6.07, 6.45) is 1.36. The second-order valence-corrected chi connectivity index (χ2v) is 6.47. The molecule has 1 aromatic carbocycles. The van der Waals surface area contributed by atoms with Crippen LogP contribution < -0.4 is 5.32 Å². The molecule has 0 saturated heterocycles. The molecule has 0 fully saturated rings. The monoisotopic (exact) mass is 371 g/mol. The minimum atomic E-state index is -4.53. The van der Waals surface area contributed by atoms with Crippen LogP contribution >= 0.6 is 11.8 Å². The second-order valence-electron chi connectivity index (χ2n) is 5.36. The van der Waals surface area contributed by atoms with E-state index in [0.29, 0.717) is 17.2 Å². The van der Waals surface area contributed by atoms with E-state index in [-0.39, 0.29) is 6.04 Å². The predicted octanol–water partition coefficient (Wildman–Crippen LogP) is 4.36. The van der Waals surface area contributed by atoms with Crippen LogP contribution in [0.4, 0.5) is 23.4 Å². The molecule has 10 heteroatoms. The number of benzene rings is 1. The Bertz CT molecular complexity index is 909. The van der Waals surface area contributed by atoms with E-state index in [1.165, 1.54) is 16.9 Å². The van der Waals surface area contributed by atoms with Gasteiger partial charge in [-0.05, 0) is 43.3 Å². The van der Waals surface area contributed by atoms with E-state index in [4.69, 9.17) is 0 Å². The molecule has 0 radical (unpaired) electrons. The quantitative estimate of drug-likeness (QED) is 0.546. The first-order chi connectivity index (χ1) is 11.7. The van der Waals surface area contributed by atoms with Crippen LogP contribution in [0.25, 0.3) is 5.78 Å². The van der Waals surface area contributed by atoms with Gasteiger partial charge in [0.1, 0.15) is 18.0 Å². The summed E-state index contributed by atoms with van der Waals surface area (Å²) in [6.45, 7) is 3.57. The van der Waals surface area contributed by atoms with Crippen LogP contribution in [0, 0.1) is 12.7 Å². The maximum atomic E-state index is 14.0. The molecule has 3 rings (SSSR count). The highest BCUT2D eigenvalue weighted by Gasteiger charge is 2.30. The topological polar surface area (TPSA) is 55.1 Å². The van der Waals surface area contributed by atoms with Crippen LogP contribution in [0.3, 0.4) is 0 Å². The predicted molar refractivity (Wildman–Crippen MR) is 85.9 cm³/mol. The number of hydrogen-bond donors (Lipinski definition) is 1. The lowest BCUT2D eigenvalue weighted by Crippen LogP contribution is -2.12. The Kier molecular flexibility index (Phi) is 4.55. The normalized spacial score (nSPS) is 13.2. The highest BCUT2D eigenvalue weighted by molar-refractivity contribution is 8.00. The molecule has 0 bridgehead atoms. The molecular weight excluding hydrogens is 358 g/mol. The SMILES string of the molecule is Cc1cc(N[C@H](C)c2ccc(SC(F)(F)F)c(F)c2)n2ncnc2n1. The van der Waals surface area contributed by atoms with Gasteiger partial charge >= 0.3 is 5.51 Å². The number of nitrogens with one attached hydrogen (secondary N) is 1. The highest BCUT2D eigenvalue weighted by atomic mass is 32.2. The highest BCUT2D eigenvalue weighted by Crippen LogP contribution is 2.38. The average molecular weight is 371 g/mol. The van der Waals surface area contributed by atoms with Crippen molar-refractivity contribution in [1.29, 1.82) is 0 Å². The van der Waals surface area contributed by atoms with Gasteiger partial charge in [-0.2, -0.15) is 27.8 Å². The van der Waals surface area contributed by atoms with Gasteiger partial charge in [0.25, 0.3) is 5.78 Å². The van der Waals surface area contributed by atoms with Gasteiger partial charge in [-0.3, -0.25) is 0 Å². The van der Waals surface area contributed by atoms with Crippen molar-refractivity contribution in [2.75, 3.05) is 5.32 Å². The average Bonchev–Trinajstić information content (AvgIpc) is 2.96. The van der Waals surface area contributed by atoms with Crippen molar-refractivity contribution in [2.45, 2.75) is 30.3 Å². The fraction of sp³-hybridized carbons (Fsp3) is 0.267. The fourth-order valence-corrected chi connectivity index (χ4v) is 2.87. The van der Waals surface area contributed by atoms with E-state index in [1.807, 2.05) is 0 Å². The minimum Gasteiger partial charge on any atom is -0.363 e. The molecule has 0 aliphatic heterocycles. The summed E-state index contributed by atoms with van der Waals surface area (Å²) in [7, 11) is 0. The summed E-state index contributed by atoms with van der Waals surface area (Å²) in [5.74, 6) is 0.102. The lowest BCUT2D eigenvalue weighted by Gasteiger charge is -2.17. The number of aryl methyl sites for hydroxylation is 1. The van der Waals surface area contributed by atoms with Gasteiger partial charge in [-0.15, -0.1) is 0 Å². The number of fused-ring (bicyclic) bond motifs is 1. The number of hydrogen-bond acceptors (Lipinski definition) is 5. The second kappa shape index (κ2) is 6.51. The van der Waals surface area contributed by atoms with Crippen LogP contribution in [0.15, 0.2) is 35.5 Å². The molecule has 25 heavy (non-hydrogen) atoms. The molecule has 0 aliphatic carbocycles. The Morgan fingerprint density at radius 1 is 1.24 bits per heavy atom. The molecule has 1 N–H and O–H groups in total. The van der Waals surface area contributed by atoms with Gasteiger partial charge in [0, 0.05) is 11.8 Å². The molecule has 0 saturated carbocycles. The number of aromatic nitrogens is 4. The van der Waals surface area contributed by atoms with Crippen LogP contribution in [-0.2, 0) is 0 Å². The van der Waals surface area contributed by atoms with Gasteiger partial charge in [0.2, 0.25) is 0 Å². The lowest BCUT2D eigenvalue weighted by molar-refractivity contribution is -0.0329. The Labute approximate surface area is 144 Å². The third-order valence-electron chi connectivity index (χ3n) is 3.43. The van der Waals surface area contributed by atoms with Crippen molar-refractivity contribution in [3.8, 4) is 0 Å². The van der Waals surface area contributed by atoms with Gasteiger partial charge in [-0.1, -0.05) is 6.07 Å². The van der Waals surface area contributed by atoms with E-state index in [0.717, 1.165) is 17.8 Å². The number of halogens is 4. The third-order valence-corrected chi connectivity index (χ3v) is 4.21. The first kappa shape index (κ1) is 17.5. The molecule has 2 heterocycles. The van der Waals surface area contributed by atoms with Crippen molar-refractivity contribution < 1.29 is 17.6 Å². The Morgan fingerprint density at radius 2 is 2.00 bits per heavy atom. The van der Waals surface area contributed by atoms with Crippen LogP contribution in [0.5, 0.6) is 0 Å². The molecule has 1 atom stereocenters. The molecule has 0 spiro atoms. The van der Waals surface area contributed by atoms with Crippen LogP contribution in [0.2, 0.25) is 0 Å². The molecule has 0 unspecified atom stereocenters. The van der Waals surface area contributed by atoms with E-state index in [2.05, 4.69) is 20.4 Å². The van der Waals surface area contributed by atoms with Crippen molar-refractivity contribution >= 4 is 23.4 Å². The van der Waals surface area contributed by atoms with Gasteiger partial charge in [0.15, 0.2) is 0 Å². The van der Waals surface area contributed by atoms with E-state index < -0.39 is 28.0 Å². The molecule has 3 aromatic rings. The summed E-state index contributed by atoms with van der Waals surface area (Å²) in [6, 6.07) is 5.07. The van der Waals surface area contributed by atoms with Gasteiger partial charge in [0.05, 0.1) is 10.9 Å². The maximum absolute atomic E-state index is 14.0. The maximum Gasteiger partial charge on any atom is 0.446 e. The summed E-state index contributed by atoms with van der Waals surface area (Å²) in [4.78, 5) is 7.77. The van der Waals surface area contributed by atoms with Gasteiger partial charge in [-0.25, -0.2) is 9.37 Å². The van der Waals surface area contributed by atoms with Crippen molar-refractivity contribution in [3.63, 3.8) is 0 Å². The zero-order valence-corrected chi connectivity index (χ0v) is 14.0. The zero-order valence-electron chi connectivity index (χ0n) is 13.2. The summed E-state index contributed by atoms with van der Waals surface area (Å²) < 4.78 is 52.6. The summed E-state index contributed by atoms with van der Waals surface area (Å²) in [5, 5.41) is 7.20. The standard InChI is InChI=1S/C15H13F4N5S/c1-8-5-13(24-14(22-8)20-7-21-24)23-9(2)10-3-4-12(11(16)6-10)25-15(17,18)19/h3-7,9,23H,1-2H3/t9-/m1/s1. The summed E-state index contributed by atoms with van der Waals surface area (Å²) in [5.41, 5.74) is -3.30. The van der Waals surface area contributed by atoms with Crippen molar-refractivity contribution in [1.82, 2.24) is 19.6 Å². The lowest BCUT2D eigenvalue weighted by atomic mass is 10.1. The number of thioether (sulfide) groups is 1. The molecule has 0 amide bonds. The fourth-order valence-electron chi connectivity index (χ4n) is 2.33. The van der Waals surface area contributed by atoms with E-state index in [1.54, 1.807) is 19.9 Å². The van der Waals surface area contributed by atoms with Crippen LogP contribution in [0.1, 0.15) is 24.2 Å². The first-order valence-electron chi connectivity index (χ1n) is 7.22. The minimum absolute atomic E-state index is 0.367. The number of rotatable bonds is 4. The first-order valence-corrected chi connectivity index (χ1v) is 8.04. The summed E-state index contributed by atoms with van der Waals surface area (Å²) >= 11 is -0.469. The molecule has 132 valence electrons. The zero-order chi connectivity index (χ0) is 18.2. The van der Waals surface area contributed by atoms with Crippen LogP contribution in [-0.4, -0.2) is 25.1 Å². The largest absolute Gasteiger partial charge is 0.446 e. The number of alkyl halides is 3. The molecule has 5 nitrogen and oxygen atoms in total.